The average molecular weight is 296 g/mol. The summed E-state index contributed by atoms with van der Waals surface area (Å²) in [6.07, 6.45) is -1.22. The van der Waals surface area contributed by atoms with Crippen molar-refractivity contribution < 1.29 is 8.78 Å². The minimum atomic E-state index is -2.41. The monoisotopic (exact) mass is 294 g/mol. The molecule has 80 valence electrons. The van der Waals surface area contributed by atoms with Crippen molar-refractivity contribution in [1.82, 2.24) is 9.97 Å². The molecule has 0 spiro atoms. The number of aromatic nitrogens is 2. The molecule has 0 bridgehead atoms. The highest BCUT2D eigenvalue weighted by Gasteiger charge is 2.16. The van der Waals surface area contributed by atoms with Crippen molar-refractivity contribution in [2.75, 3.05) is 0 Å². The van der Waals surface area contributed by atoms with Crippen molar-refractivity contribution in [3.05, 3.63) is 27.5 Å². The number of pyridine rings is 1. The molecule has 0 atom stereocenters. The molecule has 6 heteroatoms. The maximum Gasteiger partial charge on any atom is 0.242 e. The largest absolute Gasteiger partial charge is 0.334 e. The van der Waals surface area contributed by atoms with Crippen molar-refractivity contribution in [3.8, 4) is 0 Å². The highest BCUT2D eigenvalue weighted by atomic mass is 79.9. The Morgan fingerprint density at radius 2 is 2.27 bits per heavy atom. The van der Waals surface area contributed by atoms with Crippen molar-refractivity contribution in [3.63, 3.8) is 0 Å². The minimum absolute atomic E-state index is 0.341. The third kappa shape index (κ3) is 1.99. The lowest BCUT2D eigenvalue weighted by Crippen LogP contribution is -1.96. The van der Waals surface area contributed by atoms with Crippen LogP contribution >= 0.6 is 27.5 Å². The molecule has 0 fully saturated rings. The van der Waals surface area contributed by atoms with Crippen molar-refractivity contribution >= 4 is 38.6 Å². The van der Waals surface area contributed by atoms with E-state index in [1.165, 1.54) is 6.20 Å². The first-order chi connectivity index (χ1) is 7.09. The summed E-state index contributed by atoms with van der Waals surface area (Å²) in [7, 11) is 0. The number of hydrogen-bond donors (Lipinski definition) is 1. The van der Waals surface area contributed by atoms with E-state index in [0.717, 1.165) is 0 Å². The zero-order chi connectivity index (χ0) is 11.0. The number of aromatic amines is 1. The van der Waals surface area contributed by atoms with Crippen LogP contribution in [-0.4, -0.2) is 16.4 Å². The number of alkyl halides is 2. The molecule has 0 aromatic carbocycles. The van der Waals surface area contributed by atoms with E-state index in [9.17, 15) is 8.78 Å². The van der Waals surface area contributed by atoms with Crippen LogP contribution in [0.2, 0.25) is 5.02 Å². The summed E-state index contributed by atoms with van der Waals surface area (Å²) >= 11 is 9.12. The maximum atomic E-state index is 12.3. The molecule has 1 N–H and O–H groups in total. The molecule has 0 aliphatic rings. The Labute approximate surface area is 97.8 Å². The van der Waals surface area contributed by atoms with Gasteiger partial charge in [0.1, 0.15) is 5.65 Å². The van der Waals surface area contributed by atoms with Gasteiger partial charge in [-0.15, -0.1) is 0 Å². The molecule has 2 heterocycles. The van der Waals surface area contributed by atoms with Gasteiger partial charge in [0.15, 0.2) is 0 Å². The Balaban J connectivity index is 2.65. The molecule has 0 saturated carbocycles. The highest BCUT2D eigenvalue weighted by molar-refractivity contribution is 9.10. The van der Waals surface area contributed by atoms with E-state index in [1.54, 1.807) is 6.07 Å². The summed E-state index contributed by atoms with van der Waals surface area (Å²) in [6, 6.07) is 1.58. The van der Waals surface area contributed by atoms with Gasteiger partial charge in [-0.1, -0.05) is 11.6 Å². The molecule has 0 unspecified atom stereocenters. The molecule has 0 radical (unpaired) electrons. The summed E-state index contributed by atoms with van der Waals surface area (Å²) in [5, 5.41) is 0.990. The van der Waals surface area contributed by atoms with Crippen LogP contribution < -0.4 is 0 Å². The standard InChI is InChI=1S/C9H6BrClF2N2/c10-8-4(3-6(12)13)7-5(11)1-2-14-9(7)15-8/h1-2,6H,3H2,(H,14,15). The lowest BCUT2D eigenvalue weighted by molar-refractivity contribution is 0.149. The molecule has 0 amide bonds. The van der Waals surface area contributed by atoms with Crippen LogP contribution in [-0.2, 0) is 6.42 Å². The number of halogens is 4. The number of fused-ring (bicyclic) bond motifs is 1. The van der Waals surface area contributed by atoms with Gasteiger partial charge in [-0.3, -0.25) is 0 Å². The average Bonchev–Trinajstić information content (AvgIpc) is 2.43. The van der Waals surface area contributed by atoms with E-state index in [1.807, 2.05) is 0 Å². The van der Waals surface area contributed by atoms with Crippen LogP contribution in [0.25, 0.3) is 11.0 Å². The van der Waals surface area contributed by atoms with Crippen LogP contribution in [0.3, 0.4) is 0 Å². The summed E-state index contributed by atoms with van der Waals surface area (Å²) in [4.78, 5) is 6.88. The third-order valence-corrected chi connectivity index (χ3v) is 3.05. The molecule has 2 rings (SSSR count). The minimum Gasteiger partial charge on any atom is -0.334 e. The molecule has 0 aliphatic heterocycles. The van der Waals surface area contributed by atoms with Gasteiger partial charge in [-0.2, -0.15) is 0 Å². The van der Waals surface area contributed by atoms with Crippen molar-refractivity contribution in [2.24, 2.45) is 0 Å². The number of H-pyrrole nitrogens is 1. The summed E-state index contributed by atoms with van der Waals surface area (Å²) in [5.74, 6) is 0. The lowest BCUT2D eigenvalue weighted by Gasteiger charge is -2.00. The Bertz CT molecular complexity index is 498. The fourth-order valence-corrected chi connectivity index (χ4v) is 2.26. The number of hydrogen-bond acceptors (Lipinski definition) is 1. The molecule has 0 aliphatic carbocycles. The predicted octanol–water partition coefficient (Wildman–Crippen LogP) is 3.79. The molecule has 15 heavy (non-hydrogen) atoms. The van der Waals surface area contributed by atoms with Crippen molar-refractivity contribution in [2.45, 2.75) is 12.8 Å². The molecular weight excluding hydrogens is 289 g/mol. The quantitative estimate of drug-likeness (QED) is 0.897. The second-order valence-corrected chi connectivity index (χ2v) is 4.23. The van der Waals surface area contributed by atoms with Gasteiger partial charge < -0.3 is 4.98 Å². The maximum absolute atomic E-state index is 12.3. The highest BCUT2D eigenvalue weighted by Crippen LogP contribution is 2.32. The second kappa shape index (κ2) is 4.06. The van der Waals surface area contributed by atoms with Gasteiger partial charge in [-0.25, -0.2) is 13.8 Å². The SMILES string of the molecule is FC(F)Cc1c(Br)[nH]c2nccc(Cl)c12. The Kier molecular flexibility index (Phi) is 2.93. The molecular formula is C9H6BrClF2N2. The van der Waals surface area contributed by atoms with Gasteiger partial charge in [-0.05, 0) is 22.0 Å². The molecule has 2 nitrogen and oxygen atoms in total. The fraction of sp³-hybridized carbons (Fsp3) is 0.222. The molecule has 0 saturated heterocycles. The molecule has 2 aromatic heterocycles. The van der Waals surface area contributed by atoms with Gasteiger partial charge in [0.2, 0.25) is 6.43 Å². The fourth-order valence-electron chi connectivity index (χ4n) is 1.46. The number of nitrogens with zero attached hydrogens (tertiary/aromatic N) is 1. The van der Waals surface area contributed by atoms with Gasteiger partial charge in [0, 0.05) is 23.6 Å². The molecule has 2 aromatic rings. The summed E-state index contributed by atoms with van der Waals surface area (Å²) in [5.41, 5.74) is 0.989. The second-order valence-electron chi connectivity index (χ2n) is 3.03. The van der Waals surface area contributed by atoms with E-state index in [0.29, 0.717) is 26.2 Å². The van der Waals surface area contributed by atoms with E-state index >= 15 is 0 Å². The zero-order valence-corrected chi connectivity index (χ0v) is 9.74. The van der Waals surface area contributed by atoms with Crippen LogP contribution in [0.1, 0.15) is 5.56 Å². The van der Waals surface area contributed by atoms with Crippen LogP contribution in [0.15, 0.2) is 16.9 Å². The van der Waals surface area contributed by atoms with Gasteiger partial charge >= 0.3 is 0 Å². The Hall–Kier alpha value is -0.680. The first-order valence-corrected chi connectivity index (χ1v) is 5.35. The van der Waals surface area contributed by atoms with E-state index in [4.69, 9.17) is 11.6 Å². The third-order valence-electron chi connectivity index (χ3n) is 2.05. The van der Waals surface area contributed by atoms with Gasteiger partial charge in [0.05, 0.1) is 9.63 Å². The van der Waals surface area contributed by atoms with E-state index < -0.39 is 6.43 Å². The number of nitrogens with one attached hydrogen (secondary N) is 1. The first kappa shape index (κ1) is 10.8. The van der Waals surface area contributed by atoms with Gasteiger partial charge in [0.25, 0.3) is 0 Å². The Morgan fingerprint density at radius 3 is 2.93 bits per heavy atom. The summed E-state index contributed by atoms with van der Waals surface area (Å²) in [6.45, 7) is 0. The van der Waals surface area contributed by atoms with Crippen LogP contribution in [0.4, 0.5) is 8.78 Å². The van der Waals surface area contributed by atoms with E-state index in [2.05, 4.69) is 25.9 Å². The van der Waals surface area contributed by atoms with Crippen LogP contribution in [0, 0.1) is 0 Å². The Morgan fingerprint density at radius 1 is 1.53 bits per heavy atom. The summed E-state index contributed by atoms with van der Waals surface area (Å²) < 4.78 is 25.2. The normalized spacial score (nSPS) is 11.5. The number of rotatable bonds is 2. The topological polar surface area (TPSA) is 28.7 Å². The lowest BCUT2D eigenvalue weighted by atomic mass is 10.1. The van der Waals surface area contributed by atoms with Crippen LogP contribution in [0.5, 0.6) is 0 Å². The first-order valence-electron chi connectivity index (χ1n) is 4.18. The van der Waals surface area contributed by atoms with Crippen molar-refractivity contribution in [1.29, 1.82) is 0 Å². The zero-order valence-electron chi connectivity index (χ0n) is 7.40. The smallest absolute Gasteiger partial charge is 0.242 e. The van der Waals surface area contributed by atoms with E-state index in [-0.39, 0.29) is 6.42 Å². The predicted molar refractivity (Wildman–Crippen MR) is 58.5 cm³/mol.